The molecule has 1 heterocycles. The Morgan fingerprint density at radius 2 is 1.63 bits per heavy atom. The van der Waals surface area contributed by atoms with E-state index in [1.165, 1.54) is 41.3 Å². The van der Waals surface area contributed by atoms with Gasteiger partial charge in [0.25, 0.3) is 11.4 Å². The lowest BCUT2D eigenvalue weighted by Crippen LogP contribution is -2.70. The number of unbranched alkanes of at least 4 members (excludes halogenated alkanes) is 2. The van der Waals surface area contributed by atoms with Crippen LogP contribution in [0.5, 0.6) is 17.2 Å². The third-order valence-electron chi connectivity index (χ3n) is 12.6. The smallest absolute Gasteiger partial charge is 0.410 e. The normalized spacial score (nSPS) is 22.1. The third kappa shape index (κ3) is 11.0. The van der Waals surface area contributed by atoms with Crippen molar-refractivity contribution in [1.29, 1.82) is 0 Å². The number of nitrogens with zero attached hydrogens (tertiary/aromatic N) is 4. The van der Waals surface area contributed by atoms with Crippen LogP contribution in [0.1, 0.15) is 74.5 Å². The molecule has 6 unspecified atom stereocenters. The quantitative estimate of drug-likeness (QED) is 0.0327. The van der Waals surface area contributed by atoms with Crippen molar-refractivity contribution >= 4 is 23.2 Å². The molecule has 2 aliphatic carbocycles. The van der Waals surface area contributed by atoms with Crippen molar-refractivity contribution < 1.29 is 53.0 Å². The third-order valence-corrected chi connectivity index (χ3v) is 12.6. The first kappa shape index (κ1) is 48.2. The minimum absolute atomic E-state index is 0.00174. The highest BCUT2D eigenvalue weighted by Crippen LogP contribution is 2.62. The van der Waals surface area contributed by atoms with E-state index in [0.29, 0.717) is 66.9 Å². The molecule has 0 radical (unpaired) electrons. The number of hydrogen-bond donors (Lipinski definition) is 2. The SMILES string of the molecule is C=CCOC12Oc3ccc(Oc4cccc([N+](=O)[O-])c4)cc3C3C(CCCCO)C(CCCCO)C=C(C(=NOCc4ccc([N+](=O)[O-])cc4)CC1N(Cc1ccc(F)cc1)C(=O)OCC)C32. The maximum Gasteiger partial charge on any atom is 0.410 e. The Kier molecular flexibility index (Phi) is 16.0. The van der Waals surface area contributed by atoms with Gasteiger partial charge in [-0.25, -0.2) is 9.18 Å². The molecule has 0 aromatic heterocycles. The molecule has 16 nitrogen and oxygen atoms in total. The molecule has 2 N–H and O–H groups in total. The molecule has 7 rings (SSSR count). The zero-order valence-electron chi connectivity index (χ0n) is 37.2. The Morgan fingerprint density at radius 3 is 2.31 bits per heavy atom. The molecule has 1 saturated carbocycles. The zero-order valence-corrected chi connectivity index (χ0v) is 37.2. The highest BCUT2D eigenvalue weighted by atomic mass is 19.1. The fourth-order valence-corrected chi connectivity index (χ4v) is 9.70. The predicted octanol–water partition coefficient (Wildman–Crippen LogP) is 9.93. The van der Waals surface area contributed by atoms with Crippen LogP contribution < -0.4 is 9.47 Å². The summed E-state index contributed by atoms with van der Waals surface area (Å²) in [7, 11) is 0. The van der Waals surface area contributed by atoms with Gasteiger partial charge in [-0.05, 0) is 110 Å². The van der Waals surface area contributed by atoms with Crippen molar-refractivity contribution in [2.75, 3.05) is 26.4 Å². The van der Waals surface area contributed by atoms with Crippen LogP contribution in [0.3, 0.4) is 0 Å². The molecule has 1 aliphatic heterocycles. The Balaban J connectivity index is 1.44. The van der Waals surface area contributed by atoms with Gasteiger partial charge in [0.1, 0.15) is 35.7 Å². The molecule has 0 saturated heterocycles. The van der Waals surface area contributed by atoms with E-state index in [2.05, 4.69) is 12.7 Å². The second-order valence-electron chi connectivity index (χ2n) is 16.8. The number of oxime groups is 1. The summed E-state index contributed by atoms with van der Waals surface area (Å²) >= 11 is 0. The summed E-state index contributed by atoms with van der Waals surface area (Å²) in [5, 5.41) is 47.8. The topological polar surface area (TPSA) is 206 Å². The van der Waals surface area contributed by atoms with Gasteiger partial charge in [0.05, 0.1) is 40.8 Å². The van der Waals surface area contributed by atoms with E-state index in [1.807, 2.05) is 6.07 Å². The number of rotatable bonds is 22. The number of benzene rings is 4. The summed E-state index contributed by atoms with van der Waals surface area (Å²) in [5.74, 6) is -2.36. The van der Waals surface area contributed by atoms with Gasteiger partial charge in [-0.15, -0.1) is 6.58 Å². The van der Waals surface area contributed by atoms with Crippen molar-refractivity contribution in [2.45, 2.75) is 82.8 Å². The average molecular weight is 923 g/mol. The zero-order chi connectivity index (χ0) is 47.5. The van der Waals surface area contributed by atoms with Crippen LogP contribution in [0.15, 0.2) is 120 Å². The largest absolute Gasteiger partial charge is 0.459 e. The first-order valence-electron chi connectivity index (χ1n) is 22.5. The molecule has 6 atom stereocenters. The number of amides is 1. The van der Waals surface area contributed by atoms with E-state index in [0.717, 1.165) is 11.1 Å². The van der Waals surface area contributed by atoms with E-state index in [-0.39, 0.29) is 75.0 Å². The van der Waals surface area contributed by atoms with E-state index in [4.69, 9.17) is 28.9 Å². The molecule has 3 aliphatic rings. The van der Waals surface area contributed by atoms with E-state index in [9.17, 15) is 39.6 Å². The Morgan fingerprint density at radius 1 is 0.925 bits per heavy atom. The predicted molar refractivity (Wildman–Crippen MR) is 245 cm³/mol. The molecule has 4 aromatic carbocycles. The van der Waals surface area contributed by atoms with Crippen molar-refractivity contribution in [2.24, 2.45) is 22.9 Å². The van der Waals surface area contributed by atoms with Gasteiger partial charge < -0.3 is 34.0 Å². The van der Waals surface area contributed by atoms with Gasteiger partial charge in [-0.2, -0.15) is 0 Å². The van der Waals surface area contributed by atoms with Crippen LogP contribution in [-0.2, 0) is 27.5 Å². The molecular formula is C50H55FN4O12. The van der Waals surface area contributed by atoms with Crippen molar-refractivity contribution in [1.82, 2.24) is 4.90 Å². The number of carbonyl (C=O) groups is 1. The second kappa shape index (κ2) is 22.2. The van der Waals surface area contributed by atoms with Gasteiger partial charge in [0.15, 0.2) is 0 Å². The number of ether oxygens (including phenoxy) is 4. The highest BCUT2D eigenvalue weighted by Gasteiger charge is 2.65. The number of aliphatic hydroxyl groups excluding tert-OH is 2. The van der Waals surface area contributed by atoms with Crippen LogP contribution in [-0.4, -0.2) is 75.0 Å². The van der Waals surface area contributed by atoms with E-state index in [1.54, 1.807) is 61.5 Å². The number of nitro benzene ring substituents is 2. The van der Waals surface area contributed by atoms with Gasteiger partial charge in [-0.3, -0.25) is 25.1 Å². The molecule has 354 valence electrons. The maximum absolute atomic E-state index is 14.5. The summed E-state index contributed by atoms with van der Waals surface area (Å²) in [6.07, 6.45) is 6.99. The molecular weight excluding hydrogens is 868 g/mol. The second-order valence-corrected chi connectivity index (χ2v) is 16.8. The number of fused-ring (bicyclic) bond motifs is 2. The maximum atomic E-state index is 14.5. The van der Waals surface area contributed by atoms with E-state index < -0.39 is 45.4 Å². The van der Waals surface area contributed by atoms with E-state index >= 15 is 0 Å². The molecule has 67 heavy (non-hydrogen) atoms. The Hall–Kier alpha value is -6.69. The molecule has 4 aromatic rings. The first-order valence-corrected chi connectivity index (χ1v) is 22.5. The monoisotopic (exact) mass is 922 g/mol. The lowest BCUT2D eigenvalue weighted by molar-refractivity contribution is -0.385. The molecule has 17 heteroatoms. The number of non-ortho nitro benzene ring substituents is 2. The van der Waals surface area contributed by atoms with Crippen LogP contribution in [0, 0.1) is 43.8 Å². The molecule has 0 spiro atoms. The number of aliphatic hydroxyl groups is 2. The fraction of sp³-hybridized carbons (Fsp3) is 0.400. The van der Waals surface area contributed by atoms with Crippen molar-refractivity contribution in [3.8, 4) is 17.2 Å². The van der Waals surface area contributed by atoms with Gasteiger partial charge in [-0.1, -0.05) is 48.3 Å². The minimum atomic E-state index is -1.64. The van der Waals surface area contributed by atoms with Crippen molar-refractivity contribution in [3.05, 3.63) is 158 Å². The number of nitro groups is 2. The van der Waals surface area contributed by atoms with Gasteiger partial charge in [0.2, 0.25) is 5.79 Å². The number of carbonyl (C=O) groups excluding carboxylic acids is 1. The first-order chi connectivity index (χ1) is 32.5. The van der Waals surface area contributed by atoms with Crippen LogP contribution in [0.4, 0.5) is 20.6 Å². The Labute approximate surface area is 387 Å². The number of hydrogen-bond acceptors (Lipinski definition) is 13. The number of halogens is 1. The standard InChI is InChI=1S/C50H55FN4O12/c1-3-26-64-50-46(53(49(58)63-4-2)31-33-14-18-36(51)19-15-33)30-44(52-65-32-34-16-20-37(21-17-34)54(59)60)42-27-35(10-5-7-24-56)41(13-6-8-25-57)47(48(42)50)43-29-40(22-23-45(43)67-50)66-39-12-9-11-38(28-39)55(61)62/h3,9,11-12,14-23,27-29,35,41,46-48,56-57H,1,4-8,10,13,24-26,30-32H2,2H3. The summed E-state index contributed by atoms with van der Waals surface area (Å²) < 4.78 is 40.6. The lowest BCUT2D eigenvalue weighted by atomic mass is 9.55. The summed E-state index contributed by atoms with van der Waals surface area (Å²) in [6.45, 7) is 5.65. The number of allylic oxidation sites excluding steroid dienone is 1. The van der Waals surface area contributed by atoms with Crippen molar-refractivity contribution in [3.63, 3.8) is 0 Å². The summed E-state index contributed by atoms with van der Waals surface area (Å²) in [6, 6.07) is 22.0. The molecule has 0 bridgehead atoms. The molecule has 1 fully saturated rings. The van der Waals surface area contributed by atoms with Crippen LogP contribution in [0.25, 0.3) is 0 Å². The lowest BCUT2D eigenvalue weighted by Gasteiger charge is -2.59. The highest BCUT2D eigenvalue weighted by molar-refractivity contribution is 6.03. The van der Waals surface area contributed by atoms with Crippen LogP contribution in [0.2, 0.25) is 0 Å². The van der Waals surface area contributed by atoms with Gasteiger partial charge in [0, 0.05) is 55.9 Å². The van der Waals surface area contributed by atoms with Gasteiger partial charge >= 0.3 is 6.09 Å². The Bertz CT molecular complexity index is 2450. The summed E-state index contributed by atoms with van der Waals surface area (Å²) in [4.78, 5) is 44.2. The summed E-state index contributed by atoms with van der Waals surface area (Å²) in [5.41, 5.74) is 3.02. The molecule has 1 amide bonds. The fourth-order valence-electron chi connectivity index (χ4n) is 9.70. The van der Waals surface area contributed by atoms with Crippen LogP contribution >= 0.6 is 0 Å². The minimum Gasteiger partial charge on any atom is -0.459 e. The average Bonchev–Trinajstić information content (AvgIpc) is 3.32.